The quantitative estimate of drug-likeness (QED) is 0.0452. The molecule has 7 heterocycles. The van der Waals surface area contributed by atoms with Crippen LogP contribution in [0, 0.1) is 0 Å². The Morgan fingerprint density at radius 2 is 0.611 bits per heavy atom. The molecule has 0 unspecified atom stereocenters. The van der Waals surface area contributed by atoms with Crippen molar-refractivity contribution >= 4 is 23.6 Å². The van der Waals surface area contributed by atoms with Crippen molar-refractivity contribution in [3.63, 3.8) is 0 Å². The smallest absolute Gasteiger partial charge is 0.217 e. The molecule has 7 saturated heterocycles. The minimum atomic E-state index is -2.46. The fourth-order valence-electron chi connectivity index (χ4n) is 11.5. The lowest BCUT2D eigenvalue weighted by Crippen LogP contribution is -2.71. The molecule has 0 aromatic rings. The number of aliphatic hydroxyl groups is 19. The van der Waals surface area contributed by atoms with Gasteiger partial charge >= 0.3 is 0 Å². The normalized spacial score (nSPS) is 47.6. The Morgan fingerprint density at radius 1 is 0.289 bits per heavy atom. The van der Waals surface area contributed by atoms with Crippen LogP contribution >= 0.6 is 0 Å². The van der Waals surface area contributed by atoms with E-state index in [1.54, 1.807) is 0 Å². The van der Waals surface area contributed by atoms with Gasteiger partial charge in [0.05, 0.1) is 46.2 Å². The van der Waals surface area contributed by atoms with E-state index in [-0.39, 0.29) is 0 Å². The summed E-state index contributed by atoms with van der Waals surface area (Å²) in [5.41, 5.74) is 0. The minimum absolute atomic E-state index is 0.749. The van der Waals surface area contributed by atoms with Crippen molar-refractivity contribution in [2.24, 2.45) is 0 Å². The van der Waals surface area contributed by atoms with E-state index in [0.717, 1.165) is 27.7 Å². The van der Waals surface area contributed by atoms with Gasteiger partial charge in [-0.15, -0.1) is 0 Å². The molecule has 40 nitrogen and oxygen atoms in total. The van der Waals surface area contributed by atoms with Crippen molar-refractivity contribution in [3.8, 4) is 0 Å². The summed E-state index contributed by atoms with van der Waals surface area (Å²) >= 11 is 0. The van der Waals surface area contributed by atoms with Gasteiger partial charge < -0.3 is 180 Å². The van der Waals surface area contributed by atoms with Crippen molar-refractivity contribution in [1.82, 2.24) is 21.3 Å². The zero-order valence-electron chi connectivity index (χ0n) is 48.6. The zero-order chi connectivity index (χ0) is 66.5. The predicted octanol–water partition coefficient (Wildman–Crippen LogP) is -15.7. The van der Waals surface area contributed by atoms with Gasteiger partial charge in [-0.3, -0.25) is 19.2 Å². The standard InChI is InChI=1S/C50H84N4O36/c1-12(61)51-23-33(71)39(19(8-58)79-44(23)77)86-47-26(54-15(4)64)34(72)40(20(9-59)83-47)88-49-38(76)42(30(68)22(85-49)11-78-48-36(74)35(73)29(67)18(7-57)82-48)89-50-43(90-46-25(53-14(3)63)32(70)28(66)17(6-56)81-46)37(75)41(21(10-60)84-50)87-45-24(52-13(2)62)31(69)27(65)16(5-55)80-45/h16-50,55-60,65-77H,5-11H2,1-4H3,(H,51,61)(H,52,62)(H,53,63)(H,54,64)/t16-,17-,18-,19-,20-,21-,22-,23-,24-,25-,26-,27-,28-,29-,30-,31-,32-,33-,34-,35+,36+,37+,38+,39-,40-,41-,42+,43+,44+,45+,46+,47+,48+,49+,50-/m1/s1. The molecule has 520 valence electrons. The van der Waals surface area contributed by atoms with Gasteiger partial charge in [0.15, 0.2) is 44.0 Å². The maximum atomic E-state index is 12.8. The lowest BCUT2D eigenvalue weighted by Gasteiger charge is -2.51. The number of rotatable bonds is 23. The second kappa shape index (κ2) is 32.4. The first-order valence-corrected chi connectivity index (χ1v) is 28.6. The van der Waals surface area contributed by atoms with E-state index in [1.807, 2.05) is 0 Å². The second-order valence-electron chi connectivity index (χ2n) is 22.5. The summed E-state index contributed by atoms with van der Waals surface area (Å²) in [6.07, 6.45) is -62.1. The molecule has 0 aromatic carbocycles. The number of carbonyl (C=O) groups is 4. The largest absolute Gasteiger partial charge is 0.394 e. The van der Waals surface area contributed by atoms with Gasteiger partial charge in [-0.25, -0.2) is 0 Å². The SMILES string of the molecule is CC(=O)N[C@@H]1[C@@H](O)[C@H](O[C@@H]2O[C@H](CO)[C@@H](O[C@@H]3O[C@H](CO[C@H]4O[C@H](CO)[C@@H](O)[C@H](O)[C@@H]4O)[C@@H](O)[C@H](O[C@H]4O[C@H](CO)[C@@H](O[C@@H]5O[C@H](CO)[C@@H](O)[C@H](O)[C@H]5NC(C)=O)[C@H](O)[C@@H]4O[C@@H]4O[C@H](CO)[C@@H](O)[C@H](O)[C@H]4NC(C)=O)[C@@H]3O)[C@H](O)[C@H]2NC(C)=O)[C@@H](CO)O[C@@H]1O. The third-order valence-corrected chi connectivity index (χ3v) is 16.1. The average molecular weight is 1320 g/mol. The van der Waals surface area contributed by atoms with E-state index in [4.69, 9.17) is 61.6 Å². The maximum absolute atomic E-state index is 12.8. The molecule has 7 aliphatic heterocycles. The van der Waals surface area contributed by atoms with Gasteiger partial charge in [-0.2, -0.15) is 0 Å². The number of carbonyl (C=O) groups excluding carboxylic acids is 4. The van der Waals surface area contributed by atoms with Crippen LogP contribution in [0.4, 0.5) is 0 Å². The van der Waals surface area contributed by atoms with E-state index in [2.05, 4.69) is 21.3 Å². The Morgan fingerprint density at radius 3 is 1.06 bits per heavy atom. The molecule has 7 rings (SSSR count). The molecular formula is C50H84N4O36. The summed E-state index contributed by atoms with van der Waals surface area (Å²) < 4.78 is 76.8. The topological polar surface area (TPSA) is 621 Å². The molecular weight excluding hydrogens is 1230 g/mol. The third-order valence-electron chi connectivity index (χ3n) is 16.1. The summed E-state index contributed by atoms with van der Waals surface area (Å²) in [5, 5.41) is 218. The monoisotopic (exact) mass is 1320 g/mol. The summed E-state index contributed by atoms with van der Waals surface area (Å²) in [6.45, 7) is -3.16. The van der Waals surface area contributed by atoms with Crippen LogP contribution in [-0.4, -0.2) is 382 Å². The van der Waals surface area contributed by atoms with Gasteiger partial charge in [-0.1, -0.05) is 0 Å². The van der Waals surface area contributed by atoms with Crippen LogP contribution in [0.5, 0.6) is 0 Å². The molecule has 35 atom stereocenters. The first-order chi connectivity index (χ1) is 42.5. The Bertz CT molecular complexity index is 2310. The van der Waals surface area contributed by atoms with Gasteiger partial charge in [0.25, 0.3) is 0 Å². The van der Waals surface area contributed by atoms with Gasteiger partial charge in [0.2, 0.25) is 23.6 Å². The van der Waals surface area contributed by atoms with Crippen LogP contribution in [0.3, 0.4) is 0 Å². The Kier molecular flexibility index (Phi) is 26.6. The highest BCUT2D eigenvalue weighted by molar-refractivity contribution is 5.74. The summed E-state index contributed by atoms with van der Waals surface area (Å²) in [7, 11) is 0. The van der Waals surface area contributed by atoms with Crippen molar-refractivity contribution in [3.05, 3.63) is 0 Å². The fourth-order valence-corrected chi connectivity index (χ4v) is 11.5. The van der Waals surface area contributed by atoms with E-state index in [1.165, 1.54) is 0 Å². The maximum Gasteiger partial charge on any atom is 0.217 e. The van der Waals surface area contributed by atoms with Crippen LogP contribution in [0.25, 0.3) is 0 Å². The van der Waals surface area contributed by atoms with E-state index in [0.29, 0.717) is 0 Å². The summed E-state index contributed by atoms with van der Waals surface area (Å²) in [5.74, 6) is -3.33. The molecule has 7 aliphatic rings. The molecule has 0 saturated carbocycles. The molecule has 4 amide bonds. The third kappa shape index (κ3) is 16.4. The first kappa shape index (κ1) is 74.0. The number of aliphatic hydroxyl groups excluding tert-OH is 19. The van der Waals surface area contributed by atoms with Gasteiger partial charge in [0.1, 0.15) is 171 Å². The van der Waals surface area contributed by atoms with Crippen molar-refractivity contribution in [2.45, 2.75) is 242 Å². The molecule has 0 bridgehead atoms. The summed E-state index contributed by atoms with van der Waals surface area (Å²) in [6, 6.07) is -6.94. The van der Waals surface area contributed by atoms with Gasteiger partial charge in [-0.05, 0) is 0 Å². The Hall–Kier alpha value is -3.40. The van der Waals surface area contributed by atoms with Crippen LogP contribution in [0.2, 0.25) is 0 Å². The van der Waals surface area contributed by atoms with Crippen molar-refractivity contribution in [2.75, 3.05) is 46.2 Å². The lowest BCUT2D eigenvalue weighted by molar-refractivity contribution is -0.402. The highest BCUT2D eigenvalue weighted by atomic mass is 16.8. The van der Waals surface area contributed by atoms with Crippen LogP contribution in [0.1, 0.15) is 27.7 Å². The average Bonchev–Trinajstić information content (AvgIpc) is 0.786. The number of nitrogens with one attached hydrogen (secondary N) is 4. The molecule has 7 fully saturated rings. The van der Waals surface area contributed by atoms with Crippen LogP contribution < -0.4 is 21.3 Å². The molecule has 0 aromatic heterocycles. The molecule has 0 radical (unpaired) electrons. The van der Waals surface area contributed by atoms with Crippen LogP contribution in [-0.2, 0) is 80.8 Å². The van der Waals surface area contributed by atoms with Crippen molar-refractivity contribution in [1.29, 1.82) is 0 Å². The molecule has 0 aliphatic carbocycles. The number of hydrogen-bond donors (Lipinski definition) is 23. The number of amides is 4. The second-order valence-corrected chi connectivity index (χ2v) is 22.5. The van der Waals surface area contributed by atoms with E-state index in [9.17, 15) is 116 Å². The summed E-state index contributed by atoms with van der Waals surface area (Å²) in [4.78, 5) is 49.8. The minimum Gasteiger partial charge on any atom is -0.394 e. The molecule has 23 N–H and O–H groups in total. The number of hydrogen-bond acceptors (Lipinski definition) is 36. The molecule has 0 spiro atoms. The Balaban J connectivity index is 1.26. The number of ether oxygens (including phenoxy) is 13. The van der Waals surface area contributed by atoms with Gasteiger partial charge in [0, 0.05) is 27.7 Å². The highest BCUT2D eigenvalue weighted by Crippen LogP contribution is 2.38. The Labute approximate surface area is 510 Å². The predicted molar refractivity (Wildman–Crippen MR) is 278 cm³/mol. The van der Waals surface area contributed by atoms with Crippen molar-refractivity contribution < 1.29 is 178 Å². The molecule has 40 heteroatoms. The zero-order valence-corrected chi connectivity index (χ0v) is 48.6. The van der Waals surface area contributed by atoms with E-state index >= 15 is 0 Å². The van der Waals surface area contributed by atoms with E-state index < -0.39 is 285 Å². The lowest BCUT2D eigenvalue weighted by atomic mass is 9.93. The first-order valence-electron chi connectivity index (χ1n) is 28.6. The fraction of sp³-hybridized carbons (Fsp3) is 0.920. The highest BCUT2D eigenvalue weighted by Gasteiger charge is 2.59. The van der Waals surface area contributed by atoms with Crippen LogP contribution in [0.15, 0.2) is 0 Å². The molecule has 90 heavy (non-hydrogen) atoms.